The molecule has 0 atom stereocenters. The van der Waals surface area contributed by atoms with Crippen LogP contribution in [0, 0.1) is 20.2 Å². The minimum absolute atomic E-state index is 0.189. The number of ether oxygens (including phenoxy) is 2. The molecule has 4 aromatic carbocycles. The number of unbranched alkanes of at least 4 members (excludes halogenated alkanes) is 4. The number of rotatable bonds is 18. The van der Waals surface area contributed by atoms with E-state index in [1.54, 1.807) is 60.7 Å². The van der Waals surface area contributed by atoms with Gasteiger partial charge in [-0.3, -0.25) is 29.8 Å². The van der Waals surface area contributed by atoms with E-state index in [9.17, 15) is 46.7 Å². The highest BCUT2D eigenvalue weighted by Gasteiger charge is 2.31. The van der Waals surface area contributed by atoms with Crippen LogP contribution in [0.2, 0.25) is 0 Å². The van der Waals surface area contributed by atoms with E-state index in [0.717, 1.165) is 48.9 Å². The van der Waals surface area contributed by atoms with Crippen LogP contribution in [-0.2, 0) is 29.6 Å². The number of hydrogen-bond donors (Lipinski definition) is 0. The van der Waals surface area contributed by atoms with Crippen LogP contribution in [0.25, 0.3) is 0 Å². The van der Waals surface area contributed by atoms with Crippen molar-refractivity contribution in [2.45, 2.75) is 44.9 Å². The topological polar surface area (TPSA) is 214 Å². The maximum absolute atomic E-state index is 13.3. The minimum Gasteiger partial charge on any atom is -0.455 e. The molecule has 0 saturated carbocycles. The van der Waals surface area contributed by atoms with Gasteiger partial charge in [0.25, 0.3) is 11.4 Å². The fourth-order valence-electron chi connectivity index (χ4n) is 5.24. The van der Waals surface area contributed by atoms with E-state index in [-0.39, 0.29) is 71.4 Å². The van der Waals surface area contributed by atoms with E-state index in [1.165, 1.54) is 0 Å². The summed E-state index contributed by atoms with van der Waals surface area (Å²) in [6.45, 7) is 0. The lowest BCUT2D eigenvalue weighted by Gasteiger charge is -2.23. The van der Waals surface area contributed by atoms with Crippen LogP contribution in [0.3, 0.4) is 0 Å². The summed E-state index contributed by atoms with van der Waals surface area (Å²) >= 11 is 0. The van der Waals surface area contributed by atoms with Crippen LogP contribution >= 0.6 is 0 Å². The molecule has 2 amide bonds. The van der Waals surface area contributed by atoms with E-state index in [4.69, 9.17) is 9.47 Å². The maximum Gasteiger partial charge on any atom is 0.273 e. The molecule has 4 aromatic rings. The third-order valence-electron chi connectivity index (χ3n) is 7.59. The maximum atomic E-state index is 13.3. The number of benzene rings is 4. The van der Waals surface area contributed by atoms with Gasteiger partial charge in [-0.2, -0.15) is 0 Å². The Morgan fingerprint density at radius 3 is 1.23 bits per heavy atom. The lowest BCUT2D eigenvalue weighted by molar-refractivity contribution is -0.385. The highest BCUT2D eigenvalue weighted by molar-refractivity contribution is 7.93. The Balaban J connectivity index is 1.38. The number of nitro benzene ring substituents is 2. The molecular formula is C35H36N4O12S2. The van der Waals surface area contributed by atoms with E-state index in [0.29, 0.717) is 27.9 Å². The fourth-order valence-corrected chi connectivity index (χ4v) is 7.18. The van der Waals surface area contributed by atoms with Crippen molar-refractivity contribution in [1.82, 2.24) is 0 Å². The number of sulfonamides is 2. The van der Waals surface area contributed by atoms with Crippen molar-refractivity contribution in [2.75, 3.05) is 21.1 Å². The summed E-state index contributed by atoms with van der Waals surface area (Å²) in [5.41, 5.74) is -1.11. The number of nitro groups is 2. The second kappa shape index (κ2) is 17.6. The molecule has 0 N–H and O–H groups in total. The molecule has 0 aliphatic rings. The first kappa shape index (κ1) is 39.9. The number of anilines is 2. The Morgan fingerprint density at radius 1 is 0.566 bits per heavy atom. The third kappa shape index (κ3) is 11.1. The van der Waals surface area contributed by atoms with Crippen molar-refractivity contribution in [3.63, 3.8) is 0 Å². The molecular weight excluding hydrogens is 733 g/mol. The molecule has 0 saturated heterocycles. The van der Waals surface area contributed by atoms with Gasteiger partial charge in [-0.1, -0.05) is 55.7 Å². The third-order valence-corrected chi connectivity index (χ3v) is 9.71. The van der Waals surface area contributed by atoms with Gasteiger partial charge in [0.2, 0.25) is 31.9 Å². The Bertz CT molecular complexity index is 2030. The van der Waals surface area contributed by atoms with Gasteiger partial charge < -0.3 is 9.47 Å². The van der Waals surface area contributed by atoms with Crippen LogP contribution < -0.4 is 18.1 Å². The molecule has 0 unspecified atom stereocenters. The number of amides is 2. The van der Waals surface area contributed by atoms with E-state index < -0.39 is 41.7 Å². The number of nitrogens with zero attached hydrogens (tertiary/aromatic N) is 4. The largest absolute Gasteiger partial charge is 0.455 e. The summed E-state index contributed by atoms with van der Waals surface area (Å²) in [5, 5.41) is 22.9. The zero-order valence-electron chi connectivity index (χ0n) is 28.7. The van der Waals surface area contributed by atoms with E-state index in [1.807, 2.05) is 0 Å². The zero-order chi connectivity index (χ0) is 38.8. The van der Waals surface area contributed by atoms with Gasteiger partial charge in [-0.05, 0) is 49.2 Å². The van der Waals surface area contributed by atoms with Crippen LogP contribution in [0.5, 0.6) is 23.0 Å². The van der Waals surface area contributed by atoms with Crippen LogP contribution in [0.15, 0.2) is 97.1 Å². The standard InChI is InChI=1S/C35H36N4O12S2/c1-52(46,47)36(30-22-20-26(38(42)43)24-32(30)50-28-14-8-6-9-15-28)34(40)18-12-4-3-5-13-19-35(41)37(53(2,48)49)31-23-21-27(39(44)45)25-33(31)51-29-16-10-7-11-17-29/h6-11,14-17,20-25H,3-5,12-13,18-19H2,1-2H3. The van der Waals surface area contributed by atoms with E-state index >= 15 is 0 Å². The summed E-state index contributed by atoms with van der Waals surface area (Å²) in [7, 11) is -8.39. The van der Waals surface area contributed by atoms with Crippen LogP contribution in [0.4, 0.5) is 22.7 Å². The highest BCUT2D eigenvalue weighted by atomic mass is 32.2. The van der Waals surface area contributed by atoms with Gasteiger partial charge >= 0.3 is 0 Å². The van der Waals surface area contributed by atoms with Crippen molar-refractivity contribution in [2.24, 2.45) is 0 Å². The van der Waals surface area contributed by atoms with Gasteiger partial charge in [-0.15, -0.1) is 0 Å². The number of carbonyl (C=O) groups excluding carboxylic acids is 2. The Morgan fingerprint density at radius 2 is 0.906 bits per heavy atom. The van der Waals surface area contributed by atoms with Crippen LogP contribution in [-0.4, -0.2) is 51.0 Å². The van der Waals surface area contributed by atoms with Crippen molar-refractivity contribution in [3.8, 4) is 23.0 Å². The number of para-hydroxylation sites is 2. The van der Waals surface area contributed by atoms with E-state index in [2.05, 4.69) is 0 Å². The molecule has 280 valence electrons. The fraction of sp³-hybridized carbons (Fsp3) is 0.257. The van der Waals surface area contributed by atoms with Crippen molar-refractivity contribution < 1.29 is 45.7 Å². The minimum atomic E-state index is -4.20. The van der Waals surface area contributed by atoms with Crippen molar-refractivity contribution in [3.05, 3.63) is 117 Å². The lowest BCUT2D eigenvalue weighted by atomic mass is 10.1. The molecule has 16 nitrogen and oxygen atoms in total. The Labute approximate surface area is 306 Å². The van der Waals surface area contributed by atoms with Gasteiger partial charge in [-0.25, -0.2) is 25.4 Å². The van der Waals surface area contributed by atoms with Gasteiger partial charge in [0.05, 0.1) is 34.5 Å². The second-order valence-corrected chi connectivity index (χ2v) is 15.4. The highest BCUT2D eigenvalue weighted by Crippen LogP contribution is 2.39. The molecule has 0 spiro atoms. The summed E-state index contributed by atoms with van der Waals surface area (Å²) in [4.78, 5) is 48.1. The quantitative estimate of drug-likeness (QED) is 0.0563. The predicted octanol–water partition coefficient (Wildman–Crippen LogP) is 7.10. The molecule has 18 heteroatoms. The molecule has 53 heavy (non-hydrogen) atoms. The smallest absolute Gasteiger partial charge is 0.273 e. The first-order chi connectivity index (χ1) is 25.1. The number of carbonyl (C=O) groups is 2. The number of non-ortho nitro benzene ring substituents is 2. The summed E-state index contributed by atoms with van der Waals surface area (Å²) in [6.07, 6.45) is 3.23. The van der Waals surface area contributed by atoms with Gasteiger partial charge in [0.1, 0.15) is 22.9 Å². The molecule has 0 radical (unpaired) electrons. The van der Waals surface area contributed by atoms with Crippen molar-refractivity contribution in [1.29, 1.82) is 0 Å². The average Bonchev–Trinajstić information content (AvgIpc) is 3.09. The van der Waals surface area contributed by atoms with Gasteiger partial charge in [0.15, 0.2) is 11.5 Å². The summed E-state index contributed by atoms with van der Waals surface area (Å²) in [5.74, 6) is -1.44. The monoisotopic (exact) mass is 768 g/mol. The molecule has 0 aliphatic heterocycles. The molecule has 0 fully saturated rings. The number of hydrogen-bond acceptors (Lipinski definition) is 12. The first-order valence-corrected chi connectivity index (χ1v) is 19.8. The van der Waals surface area contributed by atoms with Gasteiger partial charge in [0, 0.05) is 25.0 Å². The first-order valence-electron chi connectivity index (χ1n) is 16.1. The summed E-state index contributed by atoms with van der Waals surface area (Å²) < 4.78 is 63.9. The van der Waals surface area contributed by atoms with Crippen LogP contribution in [0.1, 0.15) is 44.9 Å². The molecule has 0 bridgehead atoms. The predicted molar refractivity (Wildman–Crippen MR) is 196 cm³/mol. The summed E-state index contributed by atoms with van der Waals surface area (Å²) in [6, 6.07) is 22.8. The Hall–Kier alpha value is -5.88. The average molecular weight is 769 g/mol. The normalized spacial score (nSPS) is 11.4. The molecule has 0 aliphatic carbocycles. The molecule has 4 rings (SSSR count). The SMILES string of the molecule is CS(=O)(=O)N(C(=O)CCCCCCCC(=O)N(c1ccc([N+](=O)[O-])cc1Oc1ccccc1)S(C)(=O)=O)c1ccc([N+](=O)[O-])cc1Oc1ccccc1. The van der Waals surface area contributed by atoms with Crippen molar-refractivity contribution >= 4 is 54.6 Å². The molecule has 0 heterocycles. The Kier molecular flexibility index (Phi) is 13.2. The molecule has 0 aromatic heterocycles. The zero-order valence-corrected chi connectivity index (χ0v) is 30.3. The lowest BCUT2D eigenvalue weighted by Crippen LogP contribution is -2.36. The second-order valence-electron chi connectivity index (χ2n) is 11.8.